The van der Waals surface area contributed by atoms with Crippen LogP contribution in [0.15, 0.2) is 42.5 Å². The molecule has 2 aromatic rings. The molecule has 0 radical (unpaired) electrons. The monoisotopic (exact) mass is 412 g/mol. The van der Waals surface area contributed by atoms with Gasteiger partial charge < -0.3 is 24.4 Å². The maximum Gasteiger partial charge on any atom is 0.251 e. The standard InChI is InChI=1S/C23H25FN2O4/c24-17-2-1-3-18(11-17)28-13-19-14-29-21-5-4-16(10-22(21)30-19)23(27)25-20-12-26-8-6-15(20)7-9-26/h1-5,10-11,15,19-20H,6-9,12-14H2,(H,25,27)/t19-,20?/m0/s1. The van der Waals surface area contributed by atoms with Crippen molar-refractivity contribution in [2.45, 2.75) is 25.0 Å². The van der Waals surface area contributed by atoms with Gasteiger partial charge in [0.05, 0.1) is 0 Å². The van der Waals surface area contributed by atoms with Gasteiger partial charge in [-0.25, -0.2) is 4.39 Å². The summed E-state index contributed by atoms with van der Waals surface area (Å²) in [6, 6.07) is 11.4. The zero-order chi connectivity index (χ0) is 20.5. The summed E-state index contributed by atoms with van der Waals surface area (Å²) in [7, 11) is 0. The summed E-state index contributed by atoms with van der Waals surface area (Å²) in [5, 5.41) is 3.20. The molecule has 0 spiro atoms. The number of piperidine rings is 3. The van der Waals surface area contributed by atoms with Gasteiger partial charge in [-0.05, 0) is 62.2 Å². The van der Waals surface area contributed by atoms with Crippen LogP contribution in [0.4, 0.5) is 4.39 Å². The van der Waals surface area contributed by atoms with Crippen LogP contribution in [-0.2, 0) is 0 Å². The molecule has 3 saturated heterocycles. The van der Waals surface area contributed by atoms with Crippen LogP contribution in [0.25, 0.3) is 0 Å². The summed E-state index contributed by atoms with van der Waals surface area (Å²) in [4.78, 5) is 15.2. The minimum Gasteiger partial charge on any atom is -0.489 e. The Labute approximate surface area is 174 Å². The fourth-order valence-electron chi connectivity index (χ4n) is 4.47. The molecular formula is C23H25FN2O4. The van der Waals surface area contributed by atoms with Crippen LogP contribution in [0.1, 0.15) is 23.2 Å². The van der Waals surface area contributed by atoms with E-state index in [9.17, 15) is 9.18 Å². The summed E-state index contributed by atoms with van der Waals surface area (Å²) in [5.41, 5.74) is 0.556. The smallest absolute Gasteiger partial charge is 0.251 e. The van der Waals surface area contributed by atoms with Crippen molar-refractivity contribution < 1.29 is 23.4 Å². The van der Waals surface area contributed by atoms with Crippen molar-refractivity contribution >= 4 is 5.91 Å². The molecule has 4 aliphatic rings. The normalized spacial score (nSPS) is 26.8. The Morgan fingerprint density at radius 3 is 2.80 bits per heavy atom. The summed E-state index contributed by atoms with van der Waals surface area (Å²) in [6.45, 7) is 3.76. The summed E-state index contributed by atoms with van der Waals surface area (Å²) >= 11 is 0. The zero-order valence-electron chi connectivity index (χ0n) is 16.7. The van der Waals surface area contributed by atoms with E-state index in [0.717, 1.165) is 32.5 Å². The topological polar surface area (TPSA) is 60.0 Å². The highest BCUT2D eigenvalue weighted by Gasteiger charge is 2.35. The molecule has 4 aliphatic heterocycles. The SMILES string of the molecule is O=C(NC1CN2CCC1CC2)c1ccc2c(c1)O[C@@H](COc1cccc(F)c1)CO2. The number of ether oxygens (including phenoxy) is 3. The van der Waals surface area contributed by atoms with Gasteiger partial charge in [-0.3, -0.25) is 4.79 Å². The van der Waals surface area contributed by atoms with Crippen LogP contribution in [0.5, 0.6) is 17.2 Å². The molecule has 30 heavy (non-hydrogen) atoms. The molecule has 3 fully saturated rings. The third-order valence-electron chi connectivity index (χ3n) is 6.13. The summed E-state index contributed by atoms with van der Waals surface area (Å²) in [6.07, 6.45) is 1.96. The van der Waals surface area contributed by atoms with Gasteiger partial charge >= 0.3 is 0 Å². The van der Waals surface area contributed by atoms with Gasteiger partial charge in [-0.1, -0.05) is 6.07 Å². The lowest BCUT2D eigenvalue weighted by Gasteiger charge is -2.44. The molecule has 0 saturated carbocycles. The first-order valence-corrected chi connectivity index (χ1v) is 10.5. The third-order valence-corrected chi connectivity index (χ3v) is 6.13. The van der Waals surface area contributed by atoms with Gasteiger partial charge in [0, 0.05) is 24.2 Å². The second-order valence-electron chi connectivity index (χ2n) is 8.20. The van der Waals surface area contributed by atoms with Crippen molar-refractivity contribution in [2.75, 3.05) is 32.8 Å². The largest absolute Gasteiger partial charge is 0.489 e. The highest BCUT2D eigenvalue weighted by Crippen LogP contribution is 2.33. The molecule has 1 N–H and O–H groups in total. The van der Waals surface area contributed by atoms with Crippen LogP contribution in [0, 0.1) is 11.7 Å². The minimum absolute atomic E-state index is 0.0849. The zero-order valence-corrected chi connectivity index (χ0v) is 16.7. The Hall–Kier alpha value is -2.80. The predicted molar refractivity (Wildman–Crippen MR) is 109 cm³/mol. The number of hydrogen-bond donors (Lipinski definition) is 1. The van der Waals surface area contributed by atoms with Crippen molar-refractivity contribution in [2.24, 2.45) is 5.92 Å². The molecule has 158 valence electrons. The van der Waals surface area contributed by atoms with Gasteiger partial charge in [0.25, 0.3) is 5.91 Å². The van der Waals surface area contributed by atoms with Crippen molar-refractivity contribution in [3.05, 3.63) is 53.8 Å². The third kappa shape index (κ3) is 4.07. The van der Waals surface area contributed by atoms with Crippen molar-refractivity contribution in [3.63, 3.8) is 0 Å². The van der Waals surface area contributed by atoms with Gasteiger partial charge in [-0.2, -0.15) is 0 Å². The second kappa shape index (κ2) is 8.14. The number of hydrogen-bond acceptors (Lipinski definition) is 5. The quantitative estimate of drug-likeness (QED) is 0.819. The van der Waals surface area contributed by atoms with Crippen molar-refractivity contribution in [1.82, 2.24) is 10.2 Å². The van der Waals surface area contributed by atoms with Gasteiger partial charge in [0.2, 0.25) is 0 Å². The molecule has 1 unspecified atom stereocenters. The average molecular weight is 412 g/mol. The second-order valence-corrected chi connectivity index (χ2v) is 8.20. The lowest BCUT2D eigenvalue weighted by molar-refractivity contribution is 0.0530. The summed E-state index contributed by atoms with van der Waals surface area (Å²) < 4.78 is 30.6. The molecule has 2 bridgehead atoms. The Bertz CT molecular complexity index is 929. The van der Waals surface area contributed by atoms with Gasteiger partial charge in [0.1, 0.15) is 24.8 Å². The van der Waals surface area contributed by atoms with E-state index in [1.165, 1.54) is 12.1 Å². The Balaban J connectivity index is 1.21. The predicted octanol–water partition coefficient (Wildman–Crippen LogP) is 2.87. The average Bonchev–Trinajstić information content (AvgIpc) is 2.78. The molecule has 4 heterocycles. The van der Waals surface area contributed by atoms with Crippen molar-refractivity contribution in [1.29, 1.82) is 0 Å². The Morgan fingerprint density at radius 2 is 2.03 bits per heavy atom. The highest BCUT2D eigenvalue weighted by molar-refractivity contribution is 5.95. The van der Waals surface area contributed by atoms with Crippen LogP contribution in [0.3, 0.4) is 0 Å². The van der Waals surface area contributed by atoms with Crippen LogP contribution < -0.4 is 19.5 Å². The lowest BCUT2D eigenvalue weighted by Crippen LogP contribution is -2.57. The molecule has 2 atom stereocenters. The van der Waals surface area contributed by atoms with E-state index >= 15 is 0 Å². The maximum atomic E-state index is 13.3. The van der Waals surface area contributed by atoms with Gasteiger partial charge in [-0.15, -0.1) is 0 Å². The number of fused-ring (bicyclic) bond motifs is 4. The number of carbonyl (C=O) groups is 1. The molecule has 0 aliphatic carbocycles. The number of carbonyl (C=O) groups excluding carboxylic acids is 1. The van der Waals surface area contributed by atoms with E-state index in [0.29, 0.717) is 35.3 Å². The summed E-state index contributed by atoms with van der Waals surface area (Å²) in [5.74, 6) is 1.71. The number of halogens is 1. The first kappa shape index (κ1) is 19.2. The van der Waals surface area contributed by atoms with E-state index in [1.807, 2.05) is 0 Å². The van der Waals surface area contributed by atoms with E-state index < -0.39 is 0 Å². The van der Waals surface area contributed by atoms with Crippen LogP contribution in [0.2, 0.25) is 0 Å². The fourth-order valence-corrected chi connectivity index (χ4v) is 4.47. The highest BCUT2D eigenvalue weighted by atomic mass is 19.1. The maximum absolute atomic E-state index is 13.3. The molecule has 6 nitrogen and oxygen atoms in total. The van der Waals surface area contributed by atoms with E-state index in [2.05, 4.69) is 10.2 Å². The first-order chi connectivity index (χ1) is 14.6. The van der Waals surface area contributed by atoms with Crippen LogP contribution in [-0.4, -0.2) is 55.8 Å². The molecule has 1 amide bonds. The molecule has 2 aromatic carbocycles. The van der Waals surface area contributed by atoms with Crippen molar-refractivity contribution in [3.8, 4) is 17.2 Å². The molecule has 0 aromatic heterocycles. The Kier molecular flexibility index (Phi) is 5.21. The Morgan fingerprint density at radius 1 is 1.17 bits per heavy atom. The van der Waals surface area contributed by atoms with Gasteiger partial charge in [0.15, 0.2) is 17.6 Å². The number of rotatable bonds is 5. The number of benzene rings is 2. The fraction of sp³-hybridized carbons (Fsp3) is 0.435. The van der Waals surface area contributed by atoms with E-state index in [1.54, 1.807) is 30.3 Å². The van der Waals surface area contributed by atoms with Crippen LogP contribution >= 0.6 is 0 Å². The van der Waals surface area contributed by atoms with E-state index in [4.69, 9.17) is 14.2 Å². The molecule has 6 rings (SSSR count). The van der Waals surface area contributed by atoms with E-state index in [-0.39, 0.29) is 30.5 Å². The number of nitrogens with zero attached hydrogens (tertiary/aromatic N) is 1. The first-order valence-electron chi connectivity index (χ1n) is 10.5. The molecule has 7 heteroatoms. The lowest BCUT2D eigenvalue weighted by atomic mass is 9.84. The number of amides is 1. The minimum atomic E-state index is -0.350. The molecular weight excluding hydrogens is 387 g/mol. The number of nitrogens with one attached hydrogen (secondary N) is 1.